The standard InChI is InChI=1S/C18H15BrClN3S/c1-2-21-18-23(22-11-13-3-7-15(19)8-4-13)17(12-24-18)14-5-9-16(20)10-6-14/h3-12H,2H2,1H3. The summed E-state index contributed by atoms with van der Waals surface area (Å²) < 4.78 is 2.92. The molecule has 0 fully saturated rings. The molecule has 0 N–H and O–H groups in total. The van der Waals surface area contributed by atoms with Gasteiger partial charge < -0.3 is 0 Å². The highest BCUT2D eigenvalue weighted by molar-refractivity contribution is 9.10. The van der Waals surface area contributed by atoms with E-state index in [1.165, 1.54) is 0 Å². The van der Waals surface area contributed by atoms with Crippen molar-refractivity contribution in [2.24, 2.45) is 10.1 Å². The summed E-state index contributed by atoms with van der Waals surface area (Å²) in [7, 11) is 0. The third-order valence-corrected chi connectivity index (χ3v) is 4.95. The van der Waals surface area contributed by atoms with Crippen molar-refractivity contribution in [2.75, 3.05) is 6.54 Å². The third kappa shape index (κ3) is 4.04. The van der Waals surface area contributed by atoms with E-state index in [-0.39, 0.29) is 0 Å². The number of hydrogen-bond donors (Lipinski definition) is 0. The monoisotopic (exact) mass is 419 g/mol. The van der Waals surface area contributed by atoms with E-state index in [9.17, 15) is 0 Å². The van der Waals surface area contributed by atoms with Gasteiger partial charge in [0.25, 0.3) is 0 Å². The van der Waals surface area contributed by atoms with E-state index in [1.807, 2.05) is 66.3 Å². The summed E-state index contributed by atoms with van der Waals surface area (Å²) >= 11 is 11.0. The molecular weight excluding hydrogens is 406 g/mol. The maximum absolute atomic E-state index is 5.99. The summed E-state index contributed by atoms with van der Waals surface area (Å²) in [5, 5.41) is 7.43. The van der Waals surface area contributed by atoms with Crippen LogP contribution in [-0.4, -0.2) is 17.4 Å². The van der Waals surface area contributed by atoms with Crippen LogP contribution in [-0.2, 0) is 0 Å². The Morgan fingerprint density at radius 3 is 2.50 bits per heavy atom. The fourth-order valence-corrected chi connectivity index (χ4v) is 3.44. The van der Waals surface area contributed by atoms with E-state index in [4.69, 9.17) is 11.6 Å². The van der Waals surface area contributed by atoms with Gasteiger partial charge in [-0.05, 0) is 36.8 Å². The van der Waals surface area contributed by atoms with Crippen LogP contribution < -0.4 is 4.80 Å². The van der Waals surface area contributed by atoms with Crippen LogP contribution in [0.25, 0.3) is 11.3 Å². The lowest BCUT2D eigenvalue weighted by molar-refractivity contribution is 0.833. The van der Waals surface area contributed by atoms with Crippen molar-refractivity contribution in [1.29, 1.82) is 0 Å². The largest absolute Gasteiger partial charge is 0.258 e. The van der Waals surface area contributed by atoms with Crippen molar-refractivity contribution < 1.29 is 0 Å². The molecule has 0 atom stereocenters. The van der Waals surface area contributed by atoms with E-state index in [0.717, 1.165) is 31.1 Å². The van der Waals surface area contributed by atoms with Crippen molar-refractivity contribution >= 4 is 45.1 Å². The average molecular weight is 421 g/mol. The Kier molecular flexibility index (Phi) is 5.66. The molecule has 6 heteroatoms. The Balaban J connectivity index is 2.04. The topological polar surface area (TPSA) is 29.6 Å². The first-order valence-electron chi connectivity index (χ1n) is 7.44. The second-order valence-electron chi connectivity index (χ2n) is 4.99. The van der Waals surface area contributed by atoms with Crippen LogP contribution in [0.2, 0.25) is 5.02 Å². The van der Waals surface area contributed by atoms with Gasteiger partial charge in [0.15, 0.2) is 0 Å². The number of rotatable bonds is 4. The summed E-state index contributed by atoms with van der Waals surface area (Å²) in [6, 6.07) is 15.8. The van der Waals surface area contributed by atoms with E-state index in [1.54, 1.807) is 11.3 Å². The van der Waals surface area contributed by atoms with Crippen molar-refractivity contribution in [3.63, 3.8) is 0 Å². The molecule has 3 nitrogen and oxygen atoms in total. The van der Waals surface area contributed by atoms with Gasteiger partial charge in [-0.1, -0.05) is 51.8 Å². The van der Waals surface area contributed by atoms with Crippen LogP contribution >= 0.6 is 38.9 Å². The van der Waals surface area contributed by atoms with Crippen molar-refractivity contribution in [1.82, 2.24) is 4.68 Å². The first kappa shape index (κ1) is 17.1. The molecule has 3 aromatic rings. The number of aromatic nitrogens is 1. The number of halogens is 2. The summed E-state index contributed by atoms with van der Waals surface area (Å²) in [5.74, 6) is 0. The zero-order valence-corrected chi connectivity index (χ0v) is 16.1. The molecule has 0 unspecified atom stereocenters. The zero-order valence-electron chi connectivity index (χ0n) is 13.0. The molecule has 0 spiro atoms. The van der Waals surface area contributed by atoms with E-state index >= 15 is 0 Å². The highest BCUT2D eigenvalue weighted by Gasteiger charge is 2.07. The first-order valence-corrected chi connectivity index (χ1v) is 9.49. The molecule has 0 radical (unpaired) electrons. The maximum Gasteiger partial charge on any atom is 0.206 e. The summed E-state index contributed by atoms with van der Waals surface area (Å²) in [5.41, 5.74) is 3.08. The lowest BCUT2D eigenvalue weighted by Crippen LogP contribution is -2.12. The number of benzene rings is 2. The number of nitrogens with zero attached hydrogens (tertiary/aromatic N) is 3. The van der Waals surface area contributed by atoms with Gasteiger partial charge in [-0.3, -0.25) is 4.99 Å². The molecule has 0 aliphatic carbocycles. The Morgan fingerprint density at radius 1 is 1.12 bits per heavy atom. The Labute approximate surface area is 158 Å². The van der Waals surface area contributed by atoms with Gasteiger partial charge in [0, 0.05) is 27.0 Å². The van der Waals surface area contributed by atoms with Crippen LogP contribution in [0.5, 0.6) is 0 Å². The summed E-state index contributed by atoms with van der Waals surface area (Å²) in [4.78, 5) is 5.40. The van der Waals surface area contributed by atoms with E-state index in [0.29, 0.717) is 6.54 Å². The molecule has 0 amide bonds. The highest BCUT2D eigenvalue weighted by atomic mass is 79.9. The van der Waals surface area contributed by atoms with E-state index < -0.39 is 0 Å². The second-order valence-corrected chi connectivity index (χ2v) is 7.18. The van der Waals surface area contributed by atoms with Crippen LogP contribution in [0.3, 0.4) is 0 Å². The average Bonchev–Trinajstić information content (AvgIpc) is 2.98. The minimum Gasteiger partial charge on any atom is -0.258 e. The number of hydrogen-bond acceptors (Lipinski definition) is 3. The Hall–Kier alpha value is -1.69. The predicted octanol–water partition coefficient (Wildman–Crippen LogP) is 5.44. The fraction of sp³-hybridized carbons (Fsp3) is 0.111. The van der Waals surface area contributed by atoms with Gasteiger partial charge >= 0.3 is 0 Å². The van der Waals surface area contributed by atoms with Gasteiger partial charge in [-0.25, -0.2) is 4.68 Å². The smallest absolute Gasteiger partial charge is 0.206 e. The minimum atomic E-state index is 0.717. The Morgan fingerprint density at radius 2 is 1.83 bits per heavy atom. The molecule has 0 saturated carbocycles. The molecule has 0 bridgehead atoms. The molecule has 0 saturated heterocycles. The summed E-state index contributed by atoms with van der Waals surface area (Å²) in [6.45, 7) is 2.73. The molecule has 2 aromatic carbocycles. The zero-order chi connectivity index (χ0) is 16.9. The SMILES string of the molecule is CCN=c1scc(-c2ccc(Cl)cc2)n1N=Cc1ccc(Br)cc1. The van der Waals surface area contributed by atoms with Crippen LogP contribution in [0.15, 0.2) is 68.5 Å². The number of thiazole rings is 1. The maximum atomic E-state index is 5.99. The summed E-state index contributed by atoms with van der Waals surface area (Å²) in [6.07, 6.45) is 1.84. The van der Waals surface area contributed by atoms with Crippen LogP contribution in [0.1, 0.15) is 12.5 Å². The highest BCUT2D eigenvalue weighted by Crippen LogP contribution is 2.22. The first-order chi connectivity index (χ1) is 11.7. The molecule has 3 rings (SSSR count). The quantitative estimate of drug-likeness (QED) is 0.503. The van der Waals surface area contributed by atoms with Crippen molar-refractivity contribution in [3.8, 4) is 11.3 Å². The van der Waals surface area contributed by atoms with Gasteiger partial charge in [-0.15, -0.1) is 11.3 Å². The van der Waals surface area contributed by atoms with Gasteiger partial charge in [0.1, 0.15) is 0 Å². The van der Waals surface area contributed by atoms with Crippen molar-refractivity contribution in [3.05, 3.63) is 73.8 Å². The second kappa shape index (κ2) is 7.92. The Bertz CT molecular complexity index is 909. The van der Waals surface area contributed by atoms with Gasteiger partial charge in [0.05, 0.1) is 11.9 Å². The molecule has 1 aromatic heterocycles. The molecule has 0 aliphatic rings. The minimum absolute atomic E-state index is 0.717. The molecule has 0 aliphatic heterocycles. The van der Waals surface area contributed by atoms with Crippen LogP contribution in [0.4, 0.5) is 0 Å². The normalized spacial score (nSPS) is 12.2. The molecule has 122 valence electrons. The van der Waals surface area contributed by atoms with Crippen LogP contribution in [0, 0.1) is 0 Å². The molecule has 24 heavy (non-hydrogen) atoms. The molecular formula is C18H15BrClN3S. The van der Waals surface area contributed by atoms with E-state index in [2.05, 4.69) is 31.4 Å². The predicted molar refractivity (Wildman–Crippen MR) is 106 cm³/mol. The third-order valence-electron chi connectivity index (χ3n) is 3.31. The molecule has 1 heterocycles. The van der Waals surface area contributed by atoms with Crippen molar-refractivity contribution in [2.45, 2.75) is 6.92 Å². The lowest BCUT2D eigenvalue weighted by atomic mass is 10.2. The fourth-order valence-electron chi connectivity index (χ4n) is 2.15. The van der Waals surface area contributed by atoms with Gasteiger partial charge in [0.2, 0.25) is 4.80 Å². The van der Waals surface area contributed by atoms with Gasteiger partial charge in [-0.2, -0.15) is 5.10 Å². The lowest BCUT2D eigenvalue weighted by Gasteiger charge is -2.04.